The second-order valence-corrected chi connectivity index (χ2v) is 5.94. The average Bonchev–Trinajstić information content (AvgIpc) is 2.75. The maximum atomic E-state index is 9.36. The van der Waals surface area contributed by atoms with Crippen molar-refractivity contribution in [2.45, 2.75) is 31.8 Å². The van der Waals surface area contributed by atoms with Crippen LogP contribution in [-0.2, 0) is 5.75 Å². The van der Waals surface area contributed by atoms with Crippen LogP contribution in [0.15, 0.2) is 22.7 Å². The first kappa shape index (κ1) is 13.0. The standard InChI is InChI=1S/C13H16N2O2S/c1-8(2)18-7-12-14-13(17-15-12)11-5-4-10(16)6-9(11)3/h4-6,8,16H,7H2,1-3H3. The topological polar surface area (TPSA) is 59.2 Å². The third-order valence-electron chi connectivity index (χ3n) is 2.45. The van der Waals surface area contributed by atoms with Gasteiger partial charge in [0.1, 0.15) is 5.75 Å². The van der Waals surface area contributed by atoms with Gasteiger partial charge in [0.15, 0.2) is 5.82 Å². The van der Waals surface area contributed by atoms with Gasteiger partial charge in [0.25, 0.3) is 5.89 Å². The van der Waals surface area contributed by atoms with Gasteiger partial charge in [0.05, 0.1) is 5.75 Å². The molecule has 0 aliphatic rings. The van der Waals surface area contributed by atoms with Crippen molar-refractivity contribution in [3.63, 3.8) is 0 Å². The molecule has 0 fully saturated rings. The van der Waals surface area contributed by atoms with Gasteiger partial charge in [-0.05, 0) is 35.9 Å². The summed E-state index contributed by atoms with van der Waals surface area (Å²) in [6.07, 6.45) is 0. The Balaban J connectivity index is 2.18. The maximum absolute atomic E-state index is 9.36. The predicted molar refractivity (Wildman–Crippen MR) is 72.6 cm³/mol. The fourth-order valence-corrected chi connectivity index (χ4v) is 2.15. The van der Waals surface area contributed by atoms with Crippen molar-refractivity contribution in [2.75, 3.05) is 0 Å². The van der Waals surface area contributed by atoms with Gasteiger partial charge in [-0.1, -0.05) is 19.0 Å². The van der Waals surface area contributed by atoms with Crippen LogP contribution in [0.4, 0.5) is 0 Å². The van der Waals surface area contributed by atoms with E-state index < -0.39 is 0 Å². The highest BCUT2D eigenvalue weighted by molar-refractivity contribution is 7.99. The largest absolute Gasteiger partial charge is 0.508 e. The number of phenols is 1. The summed E-state index contributed by atoms with van der Waals surface area (Å²) < 4.78 is 5.25. The van der Waals surface area contributed by atoms with Crippen molar-refractivity contribution in [3.05, 3.63) is 29.6 Å². The number of thioether (sulfide) groups is 1. The van der Waals surface area contributed by atoms with E-state index in [0.717, 1.165) is 16.9 Å². The lowest BCUT2D eigenvalue weighted by atomic mass is 10.1. The fraction of sp³-hybridized carbons (Fsp3) is 0.385. The van der Waals surface area contributed by atoms with Crippen LogP contribution in [0.3, 0.4) is 0 Å². The summed E-state index contributed by atoms with van der Waals surface area (Å²) in [6.45, 7) is 6.17. The molecule has 0 saturated heterocycles. The van der Waals surface area contributed by atoms with Crippen LogP contribution in [0.25, 0.3) is 11.5 Å². The van der Waals surface area contributed by atoms with Crippen LogP contribution in [-0.4, -0.2) is 20.5 Å². The molecule has 1 heterocycles. The second kappa shape index (κ2) is 5.44. The number of aryl methyl sites for hydroxylation is 1. The molecule has 1 aromatic carbocycles. The summed E-state index contributed by atoms with van der Waals surface area (Å²) in [5.74, 6) is 2.20. The van der Waals surface area contributed by atoms with E-state index in [2.05, 4.69) is 24.0 Å². The first-order chi connectivity index (χ1) is 8.56. The zero-order chi connectivity index (χ0) is 13.1. The molecule has 0 aliphatic heterocycles. The molecule has 0 unspecified atom stereocenters. The number of hydrogen-bond donors (Lipinski definition) is 1. The van der Waals surface area contributed by atoms with E-state index in [0.29, 0.717) is 17.0 Å². The highest BCUT2D eigenvalue weighted by Gasteiger charge is 2.11. The van der Waals surface area contributed by atoms with Gasteiger partial charge in [0.2, 0.25) is 0 Å². The van der Waals surface area contributed by atoms with Gasteiger partial charge in [-0.15, -0.1) is 0 Å². The smallest absolute Gasteiger partial charge is 0.258 e. The van der Waals surface area contributed by atoms with E-state index in [1.165, 1.54) is 0 Å². The molecule has 18 heavy (non-hydrogen) atoms. The summed E-state index contributed by atoms with van der Waals surface area (Å²) in [5, 5.41) is 13.9. The Kier molecular flexibility index (Phi) is 3.91. The summed E-state index contributed by atoms with van der Waals surface area (Å²) in [5.41, 5.74) is 1.78. The van der Waals surface area contributed by atoms with E-state index >= 15 is 0 Å². The van der Waals surface area contributed by atoms with Crippen molar-refractivity contribution < 1.29 is 9.63 Å². The molecular weight excluding hydrogens is 248 g/mol. The number of benzene rings is 1. The minimum atomic E-state index is 0.242. The fourth-order valence-electron chi connectivity index (χ4n) is 1.55. The Hall–Kier alpha value is -1.49. The molecule has 0 radical (unpaired) electrons. The summed E-state index contributed by atoms with van der Waals surface area (Å²) in [4.78, 5) is 4.36. The molecule has 2 rings (SSSR count). The lowest BCUT2D eigenvalue weighted by Crippen LogP contribution is -1.91. The molecule has 0 atom stereocenters. The highest BCUT2D eigenvalue weighted by atomic mass is 32.2. The van der Waals surface area contributed by atoms with Gasteiger partial charge >= 0.3 is 0 Å². The maximum Gasteiger partial charge on any atom is 0.258 e. The molecule has 1 aromatic heterocycles. The normalized spacial score (nSPS) is 11.1. The van der Waals surface area contributed by atoms with E-state index in [1.54, 1.807) is 30.0 Å². The number of rotatable bonds is 4. The molecule has 0 bridgehead atoms. The highest BCUT2D eigenvalue weighted by Crippen LogP contribution is 2.25. The van der Waals surface area contributed by atoms with Crippen LogP contribution in [0, 0.1) is 6.92 Å². The van der Waals surface area contributed by atoms with Crippen molar-refractivity contribution >= 4 is 11.8 Å². The van der Waals surface area contributed by atoms with Gasteiger partial charge in [-0.25, -0.2) is 0 Å². The predicted octanol–water partition coefficient (Wildman–Crippen LogP) is 3.39. The van der Waals surface area contributed by atoms with Crippen molar-refractivity contribution in [1.29, 1.82) is 0 Å². The number of phenolic OH excluding ortho intramolecular Hbond substituents is 1. The minimum absolute atomic E-state index is 0.242. The third kappa shape index (κ3) is 3.04. The molecule has 5 heteroatoms. The van der Waals surface area contributed by atoms with Crippen LogP contribution >= 0.6 is 11.8 Å². The number of hydrogen-bond acceptors (Lipinski definition) is 5. The van der Waals surface area contributed by atoms with E-state index in [9.17, 15) is 5.11 Å². The van der Waals surface area contributed by atoms with E-state index in [4.69, 9.17) is 4.52 Å². The number of aromatic nitrogens is 2. The first-order valence-electron chi connectivity index (χ1n) is 5.80. The minimum Gasteiger partial charge on any atom is -0.508 e. The molecule has 0 spiro atoms. The quantitative estimate of drug-likeness (QED) is 0.917. The zero-order valence-corrected chi connectivity index (χ0v) is 11.5. The Morgan fingerprint density at radius 2 is 2.17 bits per heavy atom. The summed E-state index contributed by atoms with van der Waals surface area (Å²) >= 11 is 1.77. The molecular formula is C13H16N2O2S. The number of aromatic hydroxyl groups is 1. The summed E-state index contributed by atoms with van der Waals surface area (Å²) in [6, 6.07) is 5.09. The molecule has 1 N–H and O–H groups in total. The Labute approximate surface area is 110 Å². The van der Waals surface area contributed by atoms with Gasteiger partial charge in [0, 0.05) is 5.56 Å². The zero-order valence-electron chi connectivity index (χ0n) is 10.7. The molecule has 2 aromatic rings. The SMILES string of the molecule is Cc1cc(O)ccc1-c1nc(CSC(C)C)no1. The molecule has 0 amide bonds. The van der Waals surface area contributed by atoms with Gasteiger partial charge < -0.3 is 9.63 Å². The third-order valence-corrected chi connectivity index (χ3v) is 3.55. The monoisotopic (exact) mass is 264 g/mol. The second-order valence-electron chi connectivity index (χ2n) is 4.37. The average molecular weight is 264 g/mol. The van der Waals surface area contributed by atoms with Crippen LogP contribution < -0.4 is 0 Å². The van der Waals surface area contributed by atoms with Crippen molar-refractivity contribution in [1.82, 2.24) is 10.1 Å². The molecule has 0 saturated carbocycles. The van der Waals surface area contributed by atoms with Crippen LogP contribution in [0.1, 0.15) is 25.2 Å². The lowest BCUT2D eigenvalue weighted by molar-refractivity contribution is 0.424. The Morgan fingerprint density at radius 3 is 2.83 bits per heavy atom. The Morgan fingerprint density at radius 1 is 1.39 bits per heavy atom. The van der Waals surface area contributed by atoms with Crippen molar-refractivity contribution in [2.24, 2.45) is 0 Å². The Bertz CT molecular complexity index is 538. The molecule has 0 aliphatic carbocycles. The van der Waals surface area contributed by atoms with Gasteiger partial charge in [-0.2, -0.15) is 16.7 Å². The molecule has 96 valence electrons. The van der Waals surface area contributed by atoms with Crippen molar-refractivity contribution in [3.8, 4) is 17.2 Å². The van der Waals surface area contributed by atoms with E-state index in [1.807, 2.05) is 6.92 Å². The summed E-state index contributed by atoms with van der Waals surface area (Å²) in [7, 11) is 0. The number of nitrogens with zero attached hydrogens (tertiary/aromatic N) is 2. The van der Waals surface area contributed by atoms with Crippen LogP contribution in [0.2, 0.25) is 0 Å². The lowest BCUT2D eigenvalue weighted by Gasteiger charge is -2.01. The van der Waals surface area contributed by atoms with E-state index in [-0.39, 0.29) is 5.75 Å². The van der Waals surface area contributed by atoms with Gasteiger partial charge in [-0.3, -0.25) is 0 Å². The molecule has 4 nitrogen and oxygen atoms in total. The van der Waals surface area contributed by atoms with Crippen LogP contribution in [0.5, 0.6) is 5.75 Å². The first-order valence-corrected chi connectivity index (χ1v) is 6.85.